The average molecular weight is 383 g/mol. The molecule has 0 bridgehead atoms. The Kier molecular flexibility index (Phi) is 5.01. The van der Waals surface area contributed by atoms with Gasteiger partial charge < -0.3 is 5.11 Å². The van der Waals surface area contributed by atoms with Crippen molar-refractivity contribution < 1.29 is 9.90 Å². The van der Waals surface area contributed by atoms with Crippen LogP contribution >= 0.6 is 0 Å². The van der Waals surface area contributed by atoms with Crippen molar-refractivity contribution in [1.29, 1.82) is 0 Å². The predicted octanol–water partition coefficient (Wildman–Crippen LogP) is 5.73. The van der Waals surface area contributed by atoms with Gasteiger partial charge in [-0.1, -0.05) is 58.4 Å². The molecule has 4 rings (SSSR count). The molecule has 0 aromatic heterocycles. The van der Waals surface area contributed by atoms with Crippen LogP contribution in [0.2, 0.25) is 0 Å². The monoisotopic (exact) mass is 382 g/mol. The molecule has 3 saturated carbocycles. The third kappa shape index (κ3) is 2.98. The number of carbonyl (C=O) groups excluding carboxylic acids is 1. The molecule has 0 aliphatic heterocycles. The van der Waals surface area contributed by atoms with Gasteiger partial charge in [0.1, 0.15) is 0 Å². The van der Waals surface area contributed by atoms with Crippen molar-refractivity contribution in [2.24, 2.45) is 46.3 Å². The first-order valence-electron chi connectivity index (χ1n) is 11.5. The number of aliphatic hydroxyl groups excluding tert-OH is 1. The van der Waals surface area contributed by atoms with Gasteiger partial charge in [0, 0.05) is 11.3 Å². The maximum absolute atomic E-state index is 11.9. The summed E-state index contributed by atoms with van der Waals surface area (Å²) in [7, 11) is 0. The van der Waals surface area contributed by atoms with Gasteiger partial charge >= 0.3 is 0 Å². The molecule has 0 heterocycles. The van der Waals surface area contributed by atoms with E-state index in [-0.39, 0.29) is 28.6 Å². The van der Waals surface area contributed by atoms with Crippen LogP contribution < -0.4 is 0 Å². The highest BCUT2D eigenvalue weighted by Crippen LogP contribution is 2.66. The summed E-state index contributed by atoms with van der Waals surface area (Å²) >= 11 is 0. The van der Waals surface area contributed by atoms with Gasteiger partial charge in [0.15, 0.2) is 5.78 Å². The van der Waals surface area contributed by atoms with Crippen molar-refractivity contribution in [3.63, 3.8) is 0 Å². The summed E-state index contributed by atoms with van der Waals surface area (Å²) in [5.74, 6) is 3.48. The van der Waals surface area contributed by atoms with Crippen molar-refractivity contribution in [2.45, 2.75) is 72.8 Å². The van der Waals surface area contributed by atoms with E-state index in [9.17, 15) is 9.90 Å². The third-order valence-electron chi connectivity index (χ3n) is 9.00. The molecule has 0 radical (unpaired) electrons. The zero-order chi connectivity index (χ0) is 20.3. The standard InChI is InChI=1S/C26H38O2/c1-16(2)6-7-17(3)21-10-11-22-20-9-8-18-14-19(27)12-13-25(18,4)24(20)23(28)15-26(21,22)5/h6-7,12-14,16-17,20-24,28H,8-11,15H2,1-5H3. The molecule has 2 nitrogen and oxygen atoms in total. The maximum Gasteiger partial charge on any atom is 0.178 e. The van der Waals surface area contributed by atoms with E-state index in [0.717, 1.165) is 19.3 Å². The minimum absolute atomic E-state index is 0.118. The van der Waals surface area contributed by atoms with Crippen LogP contribution in [-0.4, -0.2) is 17.0 Å². The van der Waals surface area contributed by atoms with Crippen LogP contribution in [0, 0.1) is 46.3 Å². The fraction of sp³-hybridized carbons (Fsp3) is 0.731. The molecule has 154 valence electrons. The second kappa shape index (κ2) is 6.97. The molecule has 8 atom stereocenters. The molecule has 0 spiro atoms. The third-order valence-corrected chi connectivity index (χ3v) is 9.00. The van der Waals surface area contributed by atoms with Gasteiger partial charge in [-0.25, -0.2) is 0 Å². The van der Waals surface area contributed by atoms with Crippen LogP contribution in [0.25, 0.3) is 0 Å². The van der Waals surface area contributed by atoms with Gasteiger partial charge in [-0.05, 0) is 79.3 Å². The second-order valence-electron chi connectivity index (χ2n) is 11.0. The summed E-state index contributed by atoms with van der Waals surface area (Å²) in [6, 6.07) is 0. The molecule has 28 heavy (non-hydrogen) atoms. The lowest BCUT2D eigenvalue weighted by molar-refractivity contribution is -0.120. The lowest BCUT2D eigenvalue weighted by Crippen LogP contribution is -2.56. The molecule has 3 fully saturated rings. The Morgan fingerprint density at radius 1 is 1.14 bits per heavy atom. The maximum atomic E-state index is 11.9. The van der Waals surface area contributed by atoms with Crippen molar-refractivity contribution >= 4 is 5.78 Å². The Bertz CT molecular complexity index is 729. The zero-order valence-electron chi connectivity index (χ0n) is 18.3. The smallest absolute Gasteiger partial charge is 0.178 e. The quantitative estimate of drug-likeness (QED) is 0.633. The number of allylic oxidation sites excluding steroid dienone is 6. The summed E-state index contributed by atoms with van der Waals surface area (Å²) in [5, 5.41) is 11.4. The van der Waals surface area contributed by atoms with Crippen LogP contribution in [-0.2, 0) is 4.79 Å². The SMILES string of the molecule is CC(C)C=CC(C)C1CCC2C3CCC4=CC(=O)C=CC4(C)C3C(O)CC12C. The number of fused-ring (bicyclic) bond motifs is 5. The molecular weight excluding hydrogens is 344 g/mol. The molecule has 4 aliphatic carbocycles. The van der Waals surface area contributed by atoms with Gasteiger partial charge in [0.2, 0.25) is 0 Å². The predicted molar refractivity (Wildman–Crippen MR) is 115 cm³/mol. The number of hydrogen-bond acceptors (Lipinski definition) is 2. The first kappa shape index (κ1) is 20.1. The van der Waals surface area contributed by atoms with Crippen LogP contribution in [0.5, 0.6) is 0 Å². The first-order valence-corrected chi connectivity index (χ1v) is 11.5. The van der Waals surface area contributed by atoms with Gasteiger partial charge in [0.25, 0.3) is 0 Å². The van der Waals surface area contributed by atoms with Gasteiger partial charge in [-0.3, -0.25) is 4.79 Å². The van der Waals surface area contributed by atoms with E-state index in [1.54, 1.807) is 6.08 Å². The topological polar surface area (TPSA) is 37.3 Å². The Labute approximate surface area is 171 Å². The van der Waals surface area contributed by atoms with Crippen LogP contribution in [0.3, 0.4) is 0 Å². The number of aliphatic hydroxyl groups is 1. The Morgan fingerprint density at radius 2 is 1.89 bits per heavy atom. The number of hydrogen-bond donors (Lipinski definition) is 1. The van der Waals surface area contributed by atoms with Crippen molar-refractivity contribution in [2.75, 3.05) is 0 Å². The lowest BCUT2D eigenvalue weighted by atomic mass is 9.46. The van der Waals surface area contributed by atoms with E-state index in [4.69, 9.17) is 0 Å². The van der Waals surface area contributed by atoms with Gasteiger partial charge in [0.05, 0.1) is 6.10 Å². The minimum Gasteiger partial charge on any atom is -0.393 e. The Hall–Kier alpha value is -1.15. The Morgan fingerprint density at radius 3 is 2.61 bits per heavy atom. The molecular formula is C26H38O2. The fourth-order valence-corrected chi connectivity index (χ4v) is 7.76. The fourth-order valence-electron chi connectivity index (χ4n) is 7.76. The molecule has 4 aliphatic rings. The van der Waals surface area contributed by atoms with E-state index in [2.05, 4.69) is 52.8 Å². The number of rotatable bonds is 3. The summed E-state index contributed by atoms with van der Waals surface area (Å²) in [6.07, 6.45) is 15.9. The molecule has 0 aromatic carbocycles. The minimum atomic E-state index is -0.278. The number of ketones is 1. The van der Waals surface area contributed by atoms with Gasteiger partial charge in [-0.2, -0.15) is 0 Å². The normalized spacial score (nSPS) is 46.3. The van der Waals surface area contributed by atoms with E-state index in [1.165, 1.54) is 18.4 Å². The van der Waals surface area contributed by atoms with Crippen molar-refractivity contribution in [1.82, 2.24) is 0 Å². The van der Waals surface area contributed by atoms with E-state index in [1.807, 2.05) is 6.08 Å². The highest BCUT2D eigenvalue weighted by molar-refractivity contribution is 6.01. The molecule has 8 unspecified atom stereocenters. The zero-order valence-corrected chi connectivity index (χ0v) is 18.3. The molecule has 0 saturated heterocycles. The number of carbonyl (C=O) groups is 1. The van der Waals surface area contributed by atoms with E-state index < -0.39 is 0 Å². The van der Waals surface area contributed by atoms with Crippen molar-refractivity contribution in [3.05, 3.63) is 36.0 Å². The summed E-state index contributed by atoms with van der Waals surface area (Å²) in [6.45, 7) is 11.6. The average Bonchev–Trinajstić information content (AvgIpc) is 2.96. The molecule has 2 heteroatoms. The highest BCUT2D eigenvalue weighted by atomic mass is 16.3. The van der Waals surface area contributed by atoms with Crippen LogP contribution in [0.15, 0.2) is 36.0 Å². The van der Waals surface area contributed by atoms with Crippen molar-refractivity contribution in [3.8, 4) is 0 Å². The first-order chi connectivity index (χ1) is 13.2. The Balaban J connectivity index is 1.63. The lowest BCUT2D eigenvalue weighted by Gasteiger charge is -2.59. The molecule has 0 aromatic rings. The molecule has 1 N–H and O–H groups in total. The van der Waals surface area contributed by atoms with E-state index in [0.29, 0.717) is 29.6 Å². The second-order valence-corrected chi connectivity index (χ2v) is 11.0. The summed E-state index contributed by atoms with van der Waals surface area (Å²) < 4.78 is 0. The highest BCUT2D eigenvalue weighted by Gasteiger charge is 2.61. The largest absolute Gasteiger partial charge is 0.393 e. The van der Waals surface area contributed by atoms with Crippen LogP contribution in [0.4, 0.5) is 0 Å². The van der Waals surface area contributed by atoms with Crippen LogP contribution in [0.1, 0.15) is 66.7 Å². The molecule has 0 amide bonds. The van der Waals surface area contributed by atoms with Gasteiger partial charge in [-0.15, -0.1) is 0 Å². The summed E-state index contributed by atoms with van der Waals surface area (Å²) in [5.41, 5.74) is 1.35. The summed E-state index contributed by atoms with van der Waals surface area (Å²) in [4.78, 5) is 11.9. The van der Waals surface area contributed by atoms with E-state index >= 15 is 0 Å².